The van der Waals surface area contributed by atoms with Crippen molar-refractivity contribution in [3.05, 3.63) is 65.3 Å². The van der Waals surface area contributed by atoms with Gasteiger partial charge in [0, 0.05) is 24.8 Å². The maximum absolute atomic E-state index is 5.37. The summed E-state index contributed by atoms with van der Waals surface area (Å²) in [5.41, 5.74) is 2.30. The van der Waals surface area contributed by atoms with Crippen molar-refractivity contribution >= 4 is 11.3 Å². The van der Waals surface area contributed by atoms with E-state index in [4.69, 9.17) is 9.47 Å². The molecule has 0 saturated carbocycles. The first-order valence-electron chi connectivity index (χ1n) is 7.72. The number of ether oxygens (including phenoxy) is 2. The van der Waals surface area contributed by atoms with E-state index in [1.807, 2.05) is 36.5 Å². The molecule has 0 aliphatic rings. The largest absolute Gasteiger partial charge is 0.497 e. The minimum Gasteiger partial charge on any atom is -0.497 e. The zero-order chi connectivity index (χ0) is 16.8. The summed E-state index contributed by atoms with van der Waals surface area (Å²) in [5, 5.41) is 4.49. The molecule has 0 aliphatic heterocycles. The van der Waals surface area contributed by atoms with Gasteiger partial charge in [-0.1, -0.05) is 18.2 Å². The number of hydrogen-bond donors (Lipinski definition) is 1. The van der Waals surface area contributed by atoms with Crippen LogP contribution >= 0.6 is 11.3 Å². The first-order valence-corrected chi connectivity index (χ1v) is 8.53. The van der Waals surface area contributed by atoms with Crippen LogP contribution < -0.4 is 14.8 Å². The Hall–Kier alpha value is -2.37. The average molecular weight is 340 g/mol. The molecule has 1 heterocycles. The molecule has 0 saturated heterocycles. The molecule has 0 fully saturated rings. The van der Waals surface area contributed by atoms with Gasteiger partial charge >= 0.3 is 0 Å². The van der Waals surface area contributed by atoms with E-state index >= 15 is 0 Å². The molecule has 0 atom stereocenters. The predicted octanol–water partition coefficient (Wildman–Crippen LogP) is 4.12. The van der Waals surface area contributed by atoms with Gasteiger partial charge in [0.1, 0.15) is 16.5 Å². The second kappa shape index (κ2) is 7.95. The van der Waals surface area contributed by atoms with Crippen molar-refractivity contribution in [3.63, 3.8) is 0 Å². The molecule has 1 aromatic heterocycles. The lowest BCUT2D eigenvalue weighted by molar-refractivity contribution is 0.407. The topological polar surface area (TPSA) is 43.4 Å². The second-order valence-electron chi connectivity index (χ2n) is 5.26. The lowest BCUT2D eigenvalue weighted by atomic mass is 10.2. The summed E-state index contributed by atoms with van der Waals surface area (Å²) in [7, 11) is 3.37. The Morgan fingerprint density at radius 2 is 1.75 bits per heavy atom. The highest BCUT2D eigenvalue weighted by Gasteiger charge is 2.06. The van der Waals surface area contributed by atoms with E-state index in [9.17, 15) is 0 Å². The molecule has 4 nitrogen and oxygen atoms in total. The quantitative estimate of drug-likeness (QED) is 0.703. The Labute approximate surface area is 146 Å². The Kier molecular flexibility index (Phi) is 5.46. The number of aromatic nitrogens is 1. The van der Waals surface area contributed by atoms with Gasteiger partial charge in [0.05, 0.1) is 19.1 Å². The van der Waals surface area contributed by atoms with Gasteiger partial charge in [-0.25, -0.2) is 4.98 Å². The molecule has 0 bridgehead atoms. The van der Waals surface area contributed by atoms with E-state index in [-0.39, 0.29) is 0 Å². The molecule has 124 valence electrons. The maximum atomic E-state index is 5.37. The first-order chi connectivity index (χ1) is 11.8. The van der Waals surface area contributed by atoms with Gasteiger partial charge in [-0.2, -0.15) is 0 Å². The highest BCUT2D eigenvalue weighted by molar-refractivity contribution is 7.15. The number of para-hydroxylation sites is 1. The van der Waals surface area contributed by atoms with Crippen LogP contribution in [0, 0.1) is 0 Å². The summed E-state index contributed by atoms with van der Waals surface area (Å²) in [6.45, 7) is 1.49. The third-order valence-corrected chi connectivity index (χ3v) is 4.76. The van der Waals surface area contributed by atoms with Crippen LogP contribution in [0.25, 0.3) is 10.4 Å². The molecule has 0 amide bonds. The molecule has 5 heteroatoms. The van der Waals surface area contributed by atoms with E-state index in [2.05, 4.69) is 28.5 Å². The van der Waals surface area contributed by atoms with Crippen molar-refractivity contribution in [2.24, 2.45) is 0 Å². The van der Waals surface area contributed by atoms with Crippen molar-refractivity contribution in [1.82, 2.24) is 10.3 Å². The van der Waals surface area contributed by atoms with Crippen LogP contribution in [0.4, 0.5) is 0 Å². The molecule has 3 aromatic rings. The van der Waals surface area contributed by atoms with E-state index < -0.39 is 0 Å². The van der Waals surface area contributed by atoms with Crippen molar-refractivity contribution in [2.75, 3.05) is 14.2 Å². The Bertz CT molecular complexity index is 784. The molecule has 1 N–H and O–H groups in total. The van der Waals surface area contributed by atoms with Crippen LogP contribution in [0.2, 0.25) is 0 Å². The minimum absolute atomic E-state index is 0.735. The fourth-order valence-electron chi connectivity index (χ4n) is 2.43. The molecular weight excluding hydrogens is 320 g/mol. The van der Waals surface area contributed by atoms with Gasteiger partial charge in [-0.15, -0.1) is 11.3 Å². The number of hydrogen-bond acceptors (Lipinski definition) is 5. The van der Waals surface area contributed by atoms with Crippen molar-refractivity contribution in [3.8, 4) is 21.9 Å². The Balaban J connectivity index is 1.59. The monoisotopic (exact) mass is 340 g/mol. The third kappa shape index (κ3) is 3.93. The minimum atomic E-state index is 0.735. The van der Waals surface area contributed by atoms with Gasteiger partial charge < -0.3 is 14.8 Å². The molecule has 0 radical (unpaired) electrons. The zero-order valence-electron chi connectivity index (χ0n) is 13.8. The first kappa shape index (κ1) is 16.5. The van der Waals surface area contributed by atoms with Crippen molar-refractivity contribution in [1.29, 1.82) is 0 Å². The van der Waals surface area contributed by atoms with Crippen LogP contribution in [0.5, 0.6) is 11.5 Å². The number of nitrogens with one attached hydrogen (secondary N) is 1. The maximum Gasteiger partial charge on any atom is 0.123 e. The molecule has 0 aliphatic carbocycles. The molecule has 24 heavy (non-hydrogen) atoms. The van der Waals surface area contributed by atoms with Crippen LogP contribution in [0.15, 0.2) is 54.7 Å². The summed E-state index contributed by atoms with van der Waals surface area (Å²) in [6.07, 6.45) is 1.92. The Morgan fingerprint density at radius 1 is 0.958 bits per heavy atom. The van der Waals surface area contributed by atoms with E-state index in [1.54, 1.807) is 25.6 Å². The molecular formula is C19H20N2O2S. The van der Waals surface area contributed by atoms with Crippen LogP contribution in [0.3, 0.4) is 0 Å². The number of methoxy groups -OCH3 is 2. The van der Waals surface area contributed by atoms with E-state index in [0.717, 1.165) is 45.6 Å². The summed E-state index contributed by atoms with van der Waals surface area (Å²) in [5.74, 6) is 1.77. The highest BCUT2D eigenvalue weighted by Crippen LogP contribution is 2.27. The van der Waals surface area contributed by atoms with Gasteiger partial charge in [0.2, 0.25) is 0 Å². The number of thiazole rings is 1. The van der Waals surface area contributed by atoms with Gasteiger partial charge in [0.25, 0.3) is 0 Å². The van der Waals surface area contributed by atoms with E-state index in [1.165, 1.54) is 0 Å². The summed E-state index contributed by atoms with van der Waals surface area (Å²) in [4.78, 5) is 5.66. The van der Waals surface area contributed by atoms with Crippen molar-refractivity contribution in [2.45, 2.75) is 13.1 Å². The lowest BCUT2D eigenvalue weighted by Gasteiger charge is -2.08. The standard InChI is InChI=1S/C19H20N2O2S/c1-22-16-9-7-14(8-10-16)18-12-21-19(24-18)13-20-11-15-5-3-4-6-17(15)23-2/h3-10,12,20H,11,13H2,1-2H3. The van der Waals surface area contributed by atoms with Crippen LogP contribution in [0.1, 0.15) is 10.6 Å². The zero-order valence-corrected chi connectivity index (χ0v) is 14.6. The van der Waals surface area contributed by atoms with E-state index in [0.29, 0.717) is 0 Å². The Morgan fingerprint density at radius 3 is 2.50 bits per heavy atom. The van der Waals surface area contributed by atoms with Crippen LogP contribution in [-0.2, 0) is 13.1 Å². The normalized spacial score (nSPS) is 10.6. The van der Waals surface area contributed by atoms with Gasteiger partial charge in [-0.3, -0.25) is 0 Å². The molecule has 3 rings (SSSR count). The fraction of sp³-hybridized carbons (Fsp3) is 0.211. The predicted molar refractivity (Wildman–Crippen MR) is 97.6 cm³/mol. The SMILES string of the molecule is COc1ccc(-c2cnc(CNCc3ccccc3OC)s2)cc1. The van der Waals surface area contributed by atoms with Crippen molar-refractivity contribution < 1.29 is 9.47 Å². The summed E-state index contributed by atoms with van der Waals surface area (Å²) < 4.78 is 10.6. The molecule has 0 spiro atoms. The lowest BCUT2D eigenvalue weighted by Crippen LogP contribution is -2.13. The smallest absolute Gasteiger partial charge is 0.123 e. The average Bonchev–Trinajstić information content (AvgIpc) is 3.11. The molecule has 0 unspecified atom stereocenters. The third-order valence-electron chi connectivity index (χ3n) is 3.71. The summed E-state index contributed by atoms with van der Waals surface area (Å²) >= 11 is 1.70. The highest BCUT2D eigenvalue weighted by atomic mass is 32.1. The van der Waals surface area contributed by atoms with Gasteiger partial charge in [-0.05, 0) is 35.9 Å². The number of benzene rings is 2. The van der Waals surface area contributed by atoms with Gasteiger partial charge in [0.15, 0.2) is 0 Å². The number of nitrogens with zero attached hydrogens (tertiary/aromatic N) is 1. The summed E-state index contributed by atoms with van der Waals surface area (Å²) in [6, 6.07) is 16.1. The number of rotatable bonds is 7. The van der Waals surface area contributed by atoms with Crippen LogP contribution in [-0.4, -0.2) is 19.2 Å². The second-order valence-corrected chi connectivity index (χ2v) is 6.38. The molecule has 2 aromatic carbocycles. The fourth-order valence-corrected chi connectivity index (χ4v) is 3.33.